The maximum absolute atomic E-state index is 13.3. The van der Waals surface area contributed by atoms with Gasteiger partial charge < -0.3 is 4.74 Å². The van der Waals surface area contributed by atoms with Crippen LogP contribution in [0.25, 0.3) is 0 Å². The van der Waals surface area contributed by atoms with Gasteiger partial charge in [-0.3, -0.25) is 0 Å². The van der Waals surface area contributed by atoms with E-state index in [-0.39, 0.29) is 6.04 Å². The second kappa shape index (κ2) is 8.34. The van der Waals surface area contributed by atoms with Crippen molar-refractivity contribution in [2.75, 3.05) is 6.61 Å². The fraction of sp³-hybridized carbons (Fsp3) is 1.00. The Bertz CT molecular complexity index is 491. The number of hydrogen-bond acceptors (Lipinski definition) is 1. The van der Waals surface area contributed by atoms with E-state index in [1.165, 1.54) is 6.55 Å². The highest BCUT2D eigenvalue weighted by Gasteiger charge is 2.83. The van der Waals surface area contributed by atoms with Crippen molar-refractivity contribution in [2.24, 2.45) is 0 Å². The van der Waals surface area contributed by atoms with Crippen molar-refractivity contribution in [3.05, 3.63) is 0 Å². The molecule has 0 aromatic carbocycles. The lowest BCUT2D eigenvalue weighted by molar-refractivity contribution is -0.433. The number of rotatable bonds is 10. The van der Waals surface area contributed by atoms with E-state index in [1.54, 1.807) is 0 Å². The SMILES string of the molecule is C[Si](Cl)(Cl)CCCOC(F)(F)C(F)(F)C(F)(F)C(F)(F)C(F)CC(F)(F)F. The number of halogens is 14. The van der Waals surface area contributed by atoms with Crippen LogP contribution in [0.4, 0.5) is 52.7 Å². The van der Waals surface area contributed by atoms with Gasteiger partial charge in [-0.1, -0.05) is 0 Å². The van der Waals surface area contributed by atoms with Crippen molar-refractivity contribution in [1.82, 2.24) is 0 Å². The van der Waals surface area contributed by atoms with Crippen LogP contribution in [0.15, 0.2) is 0 Å². The first-order chi connectivity index (χ1) is 11.6. The zero-order chi connectivity index (χ0) is 22.1. The van der Waals surface area contributed by atoms with Gasteiger partial charge in [0.2, 0.25) is 6.69 Å². The van der Waals surface area contributed by atoms with Gasteiger partial charge in [0.15, 0.2) is 6.17 Å². The minimum Gasteiger partial charge on any atom is -0.316 e. The Morgan fingerprint density at radius 3 is 1.67 bits per heavy atom. The summed E-state index contributed by atoms with van der Waals surface area (Å²) in [6.45, 7) is -2.97. The molecule has 0 aliphatic rings. The van der Waals surface area contributed by atoms with E-state index in [4.69, 9.17) is 22.2 Å². The molecule has 0 spiro atoms. The summed E-state index contributed by atoms with van der Waals surface area (Å²) in [6.07, 6.45) is -20.7. The molecule has 1 nitrogen and oxygen atoms in total. The Kier molecular flexibility index (Phi) is 8.32. The van der Waals surface area contributed by atoms with Crippen LogP contribution in [0.3, 0.4) is 0 Å². The highest BCUT2D eigenvalue weighted by molar-refractivity contribution is 7.44. The summed E-state index contributed by atoms with van der Waals surface area (Å²) in [7, 11) is 0. The molecule has 0 radical (unpaired) electrons. The molecule has 1 unspecified atom stereocenters. The van der Waals surface area contributed by atoms with Gasteiger partial charge >= 0.3 is 30.1 Å². The molecule has 27 heavy (non-hydrogen) atoms. The quantitative estimate of drug-likeness (QED) is 0.144. The molecule has 1 atom stereocenters. The Balaban J connectivity index is 5.41. The first-order valence-corrected chi connectivity index (χ1v) is 11.6. The molecule has 0 aromatic rings. The van der Waals surface area contributed by atoms with Crippen LogP contribution in [-0.2, 0) is 4.74 Å². The molecule has 16 heteroatoms. The van der Waals surface area contributed by atoms with Crippen LogP contribution in [-0.4, -0.2) is 49.5 Å². The zero-order valence-electron chi connectivity index (χ0n) is 13.1. The van der Waals surface area contributed by atoms with Gasteiger partial charge in [0, 0.05) is 0 Å². The van der Waals surface area contributed by atoms with Crippen molar-refractivity contribution < 1.29 is 57.4 Å². The van der Waals surface area contributed by atoms with E-state index in [9.17, 15) is 52.7 Å². The summed E-state index contributed by atoms with van der Waals surface area (Å²) >= 11 is 11.1. The van der Waals surface area contributed by atoms with Crippen LogP contribution in [0, 0.1) is 0 Å². The molecule has 0 N–H and O–H groups in total. The molecular formula is C11H12Cl2F12OSi. The number of ether oxygens (including phenoxy) is 1. The Morgan fingerprint density at radius 2 is 1.30 bits per heavy atom. The second-order valence-electron chi connectivity index (χ2n) is 5.60. The minimum absolute atomic E-state index is 0.220. The van der Waals surface area contributed by atoms with Crippen LogP contribution in [0.5, 0.6) is 0 Å². The number of alkyl halides is 12. The minimum atomic E-state index is -7.21. The van der Waals surface area contributed by atoms with E-state index in [0.717, 1.165) is 0 Å². The average Bonchev–Trinajstić information content (AvgIpc) is 2.40. The molecule has 0 heterocycles. The number of hydrogen-bond donors (Lipinski definition) is 0. The standard InChI is InChI=1S/C11H12Cl2F12OSi/c1-27(12,13)4-2-3-26-11(24,25)10(22,23)9(20,21)8(18,19)6(14)5-7(15,16)17/h6H,2-5H2,1H3. The highest BCUT2D eigenvalue weighted by atomic mass is 35.7. The molecule has 0 amide bonds. The lowest BCUT2D eigenvalue weighted by Crippen LogP contribution is -2.65. The molecule has 0 saturated carbocycles. The average molecular weight is 487 g/mol. The van der Waals surface area contributed by atoms with E-state index >= 15 is 0 Å². The van der Waals surface area contributed by atoms with Crippen LogP contribution >= 0.6 is 22.2 Å². The largest absolute Gasteiger partial charge is 0.426 e. The van der Waals surface area contributed by atoms with Crippen LogP contribution in [0.2, 0.25) is 12.6 Å². The summed E-state index contributed by atoms with van der Waals surface area (Å²) in [5, 5.41) is 0. The summed E-state index contributed by atoms with van der Waals surface area (Å²) < 4.78 is 158. The monoisotopic (exact) mass is 486 g/mol. The molecule has 164 valence electrons. The molecule has 0 rings (SSSR count). The maximum atomic E-state index is 13.3. The van der Waals surface area contributed by atoms with Crippen molar-refractivity contribution in [3.8, 4) is 0 Å². The first-order valence-electron chi connectivity index (χ1n) is 6.82. The lowest BCUT2D eigenvalue weighted by Gasteiger charge is -2.37. The molecule has 0 saturated heterocycles. The summed E-state index contributed by atoms with van der Waals surface area (Å²) in [5.41, 5.74) is 0. The van der Waals surface area contributed by atoms with E-state index < -0.39 is 62.4 Å². The summed E-state index contributed by atoms with van der Waals surface area (Å²) in [6, 6.07) is -0.220. The zero-order valence-corrected chi connectivity index (χ0v) is 15.6. The van der Waals surface area contributed by atoms with Gasteiger partial charge in [-0.05, 0) is 19.0 Å². The van der Waals surface area contributed by atoms with E-state index in [2.05, 4.69) is 4.74 Å². The third-order valence-electron chi connectivity index (χ3n) is 3.03. The van der Waals surface area contributed by atoms with E-state index in [1.807, 2.05) is 0 Å². The fourth-order valence-corrected chi connectivity index (χ4v) is 3.16. The van der Waals surface area contributed by atoms with Crippen molar-refractivity contribution in [2.45, 2.75) is 61.7 Å². The molecular weight excluding hydrogens is 475 g/mol. The summed E-state index contributed by atoms with van der Waals surface area (Å²) in [5.74, 6) is -21.0. The maximum Gasteiger partial charge on any atom is 0.426 e. The van der Waals surface area contributed by atoms with Gasteiger partial charge in [0.25, 0.3) is 0 Å². The molecule has 0 aromatic heterocycles. The van der Waals surface area contributed by atoms with Gasteiger partial charge in [-0.15, -0.1) is 22.2 Å². The normalized spacial score (nSPS) is 16.6. The Labute approximate surface area is 155 Å². The van der Waals surface area contributed by atoms with Gasteiger partial charge in [-0.25, -0.2) is 4.39 Å². The highest BCUT2D eigenvalue weighted by Crippen LogP contribution is 2.55. The van der Waals surface area contributed by atoms with Crippen LogP contribution in [0.1, 0.15) is 12.8 Å². The summed E-state index contributed by atoms with van der Waals surface area (Å²) in [4.78, 5) is 0. The molecule has 0 aliphatic heterocycles. The first kappa shape index (κ1) is 26.9. The Morgan fingerprint density at radius 1 is 0.852 bits per heavy atom. The third-order valence-corrected chi connectivity index (χ3v) is 5.39. The third kappa shape index (κ3) is 6.73. The van der Waals surface area contributed by atoms with Gasteiger partial charge in [0.05, 0.1) is 13.0 Å². The topological polar surface area (TPSA) is 9.23 Å². The fourth-order valence-electron chi connectivity index (χ4n) is 1.59. The molecule has 0 fully saturated rings. The predicted molar refractivity (Wildman–Crippen MR) is 74.1 cm³/mol. The lowest BCUT2D eigenvalue weighted by atomic mass is 9.97. The van der Waals surface area contributed by atoms with Crippen molar-refractivity contribution >= 4 is 28.9 Å². The van der Waals surface area contributed by atoms with E-state index in [0.29, 0.717) is 0 Å². The smallest absolute Gasteiger partial charge is 0.316 e. The Hall–Kier alpha value is -0.0831. The van der Waals surface area contributed by atoms with Crippen molar-refractivity contribution in [3.63, 3.8) is 0 Å². The van der Waals surface area contributed by atoms with Gasteiger partial charge in [-0.2, -0.15) is 48.3 Å². The van der Waals surface area contributed by atoms with Gasteiger partial charge in [0.1, 0.15) is 0 Å². The van der Waals surface area contributed by atoms with Crippen LogP contribution < -0.4 is 0 Å². The molecule has 0 bridgehead atoms. The molecule has 0 aliphatic carbocycles. The second-order valence-corrected chi connectivity index (χ2v) is 13.8. The predicted octanol–water partition coefficient (Wildman–Crippen LogP) is 6.73. The van der Waals surface area contributed by atoms with Crippen molar-refractivity contribution in [1.29, 1.82) is 0 Å².